The Hall–Kier alpha value is -0.650. The summed E-state index contributed by atoms with van der Waals surface area (Å²) in [6.45, 7) is 12.4. The minimum Gasteiger partial charge on any atom is -0.463 e. The van der Waals surface area contributed by atoms with Crippen LogP contribution in [0.3, 0.4) is 0 Å². The minimum absolute atomic E-state index is 0.0157. The Balaban J connectivity index is 4.29. The largest absolute Gasteiger partial charge is 0.463 e. The van der Waals surface area contributed by atoms with Gasteiger partial charge in [0.2, 0.25) is 0 Å². The summed E-state index contributed by atoms with van der Waals surface area (Å²) in [4.78, 5) is 12.7. The van der Waals surface area contributed by atoms with Crippen molar-refractivity contribution in [3.05, 3.63) is 0 Å². The van der Waals surface area contributed by atoms with Crippen molar-refractivity contribution in [1.29, 1.82) is 0 Å². The normalized spacial score (nSPS) is 12.2. The summed E-state index contributed by atoms with van der Waals surface area (Å²) in [5, 5.41) is 8.57. The summed E-state index contributed by atoms with van der Waals surface area (Å²) in [6.07, 6.45) is 2.98. The predicted octanol–water partition coefficient (Wildman–Crippen LogP) is 3.04. The summed E-state index contributed by atoms with van der Waals surface area (Å²) in [7, 11) is 0. The number of aliphatic hydroxyl groups is 1. The monoisotopic (exact) mass is 332 g/mol. The van der Waals surface area contributed by atoms with E-state index in [4.69, 9.17) is 19.3 Å². The smallest absolute Gasteiger partial charge is 0.312 e. The molecule has 0 aliphatic rings. The topological polar surface area (TPSA) is 65.0 Å². The Morgan fingerprint density at radius 1 is 0.957 bits per heavy atom. The Bertz CT molecular complexity index is 294. The van der Waals surface area contributed by atoms with Crippen molar-refractivity contribution < 1.29 is 24.1 Å². The van der Waals surface area contributed by atoms with E-state index in [0.29, 0.717) is 26.4 Å². The molecule has 0 heterocycles. The predicted molar refractivity (Wildman–Crippen MR) is 91.3 cm³/mol. The molecule has 23 heavy (non-hydrogen) atoms. The molecule has 1 N–H and O–H groups in total. The lowest BCUT2D eigenvalue weighted by molar-refractivity contribution is -0.165. The van der Waals surface area contributed by atoms with E-state index in [9.17, 15) is 4.79 Å². The van der Waals surface area contributed by atoms with Crippen molar-refractivity contribution in [3.8, 4) is 0 Å². The van der Waals surface area contributed by atoms with Crippen molar-refractivity contribution >= 4 is 5.97 Å². The average Bonchev–Trinajstić information content (AvgIpc) is 2.50. The lowest BCUT2D eigenvalue weighted by atomic mass is 9.66. The fourth-order valence-electron chi connectivity index (χ4n) is 3.00. The van der Waals surface area contributed by atoms with Crippen LogP contribution in [0.4, 0.5) is 0 Å². The summed E-state index contributed by atoms with van der Waals surface area (Å²) in [5.41, 5.74) is -0.416. The van der Waals surface area contributed by atoms with Gasteiger partial charge in [0.05, 0.1) is 38.4 Å². The van der Waals surface area contributed by atoms with Crippen LogP contribution in [-0.4, -0.2) is 50.7 Å². The molecule has 0 rings (SSSR count). The summed E-state index contributed by atoms with van der Waals surface area (Å²) >= 11 is 0. The lowest BCUT2D eigenvalue weighted by Crippen LogP contribution is -2.43. The maximum Gasteiger partial charge on any atom is 0.312 e. The van der Waals surface area contributed by atoms with E-state index in [0.717, 1.165) is 19.3 Å². The first kappa shape index (κ1) is 22.4. The standard InChI is InChI=1S/C18H36O5/c1-6-7-8-18(15(2)3,16(4)5)17(20)23-14-13-22-12-11-21-10-9-19/h15-16,19H,6-14H2,1-5H3. The van der Waals surface area contributed by atoms with Crippen LogP contribution in [0, 0.1) is 17.3 Å². The quantitative estimate of drug-likeness (QED) is 0.391. The maximum absolute atomic E-state index is 12.7. The van der Waals surface area contributed by atoms with Crippen LogP contribution in [0.15, 0.2) is 0 Å². The van der Waals surface area contributed by atoms with E-state index in [1.165, 1.54) is 0 Å². The number of rotatable bonds is 14. The van der Waals surface area contributed by atoms with Crippen LogP contribution in [0.2, 0.25) is 0 Å². The zero-order valence-electron chi connectivity index (χ0n) is 15.6. The molecule has 0 amide bonds. The van der Waals surface area contributed by atoms with Gasteiger partial charge in [0.25, 0.3) is 0 Å². The molecule has 0 unspecified atom stereocenters. The van der Waals surface area contributed by atoms with Gasteiger partial charge in [-0.3, -0.25) is 4.79 Å². The third-order valence-corrected chi connectivity index (χ3v) is 4.45. The van der Waals surface area contributed by atoms with Gasteiger partial charge in [-0.05, 0) is 18.3 Å². The zero-order valence-corrected chi connectivity index (χ0v) is 15.6. The van der Waals surface area contributed by atoms with Gasteiger partial charge in [-0.15, -0.1) is 0 Å². The van der Waals surface area contributed by atoms with Gasteiger partial charge in [-0.1, -0.05) is 47.5 Å². The van der Waals surface area contributed by atoms with Crippen molar-refractivity contribution in [2.24, 2.45) is 17.3 Å². The maximum atomic E-state index is 12.7. The van der Waals surface area contributed by atoms with Crippen LogP contribution < -0.4 is 0 Å². The number of esters is 1. The van der Waals surface area contributed by atoms with Gasteiger partial charge in [-0.25, -0.2) is 0 Å². The molecule has 0 radical (unpaired) electrons. The van der Waals surface area contributed by atoms with E-state index < -0.39 is 5.41 Å². The van der Waals surface area contributed by atoms with Crippen LogP contribution >= 0.6 is 0 Å². The fraction of sp³-hybridized carbons (Fsp3) is 0.944. The molecule has 0 bridgehead atoms. The number of carbonyl (C=O) groups excluding carboxylic acids is 1. The van der Waals surface area contributed by atoms with E-state index in [-0.39, 0.29) is 31.0 Å². The first-order chi connectivity index (χ1) is 10.9. The van der Waals surface area contributed by atoms with Crippen LogP contribution in [-0.2, 0) is 19.0 Å². The van der Waals surface area contributed by atoms with Gasteiger partial charge in [0.15, 0.2) is 0 Å². The van der Waals surface area contributed by atoms with Crippen molar-refractivity contribution in [1.82, 2.24) is 0 Å². The van der Waals surface area contributed by atoms with Gasteiger partial charge in [0, 0.05) is 0 Å². The third kappa shape index (κ3) is 7.64. The fourth-order valence-corrected chi connectivity index (χ4v) is 3.00. The molecule has 0 atom stereocenters. The number of carbonyl (C=O) groups is 1. The highest BCUT2D eigenvalue weighted by Gasteiger charge is 2.45. The Morgan fingerprint density at radius 2 is 1.48 bits per heavy atom. The van der Waals surface area contributed by atoms with E-state index >= 15 is 0 Å². The second-order valence-electron chi connectivity index (χ2n) is 6.54. The number of unbranched alkanes of at least 4 members (excludes halogenated alkanes) is 1. The second-order valence-corrected chi connectivity index (χ2v) is 6.54. The molecule has 0 spiro atoms. The number of ether oxygens (including phenoxy) is 3. The average molecular weight is 332 g/mol. The highest BCUT2D eigenvalue weighted by atomic mass is 16.6. The molecule has 0 aliphatic carbocycles. The van der Waals surface area contributed by atoms with Crippen molar-refractivity contribution in [2.45, 2.75) is 53.9 Å². The summed E-state index contributed by atoms with van der Waals surface area (Å²) in [5.74, 6) is 0.389. The Labute approximate surface area is 141 Å². The number of aliphatic hydroxyl groups excluding tert-OH is 1. The molecule has 5 heteroatoms. The molecular weight excluding hydrogens is 296 g/mol. The Kier molecular flexibility index (Phi) is 12.4. The van der Waals surface area contributed by atoms with Crippen LogP contribution in [0.1, 0.15) is 53.9 Å². The molecule has 0 saturated heterocycles. The minimum atomic E-state index is -0.416. The number of hydrogen-bond donors (Lipinski definition) is 1. The molecular formula is C18H36O5. The van der Waals surface area contributed by atoms with Crippen LogP contribution in [0.5, 0.6) is 0 Å². The van der Waals surface area contributed by atoms with Crippen molar-refractivity contribution in [2.75, 3.05) is 39.6 Å². The van der Waals surface area contributed by atoms with Gasteiger partial charge in [0.1, 0.15) is 6.61 Å². The zero-order chi connectivity index (χ0) is 17.7. The van der Waals surface area contributed by atoms with Gasteiger partial charge < -0.3 is 19.3 Å². The molecule has 0 aliphatic heterocycles. The molecule has 5 nitrogen and oxygen atoms in total. The Morgan fingerprint density at radius 3 is 1.96 bits per heavy atom. The first-order valence-electron chi connectivity index (χ1n) is 8.87. The first-order valence-corrected chi connectivity index (χ1v) is 8.87. The highest BCUT2D eigenvalue weighted by Crippen LogP contribution is 2.42. The molecule has 0 aromatic rings. The van der Waals surface area contributed by atoms with E-state index in [1.807, 2.05) is 0 Å². The SMILES string of the molecule is CCCCC(C(=O)OCCOCCOCCO)(C(C)C)C(C)C. The van der Waals surface area contributed by atoms with Crippen LogP contribution in [0.25, 0.3) is 0 Å². The molecule has 0 fully saturated rings. The molecule has 0 saturated carbocycles. The summed E-state index contributed by atoms with van der Waals surface area (Å²) < 4.78 is 16.0. The second kappa shape index (κ2) is 12.7. The molecule has 0 aromatic carbocycles. The number of hydrogen-bond acceptors (Lipinski definition) is 5. The third-order valence-electron chi connectivity index (χ3n) is 4.45. The van der Waals surface area contributed by atoms with Crippen molar-refractivity contribution in [3.63, 3.8) is 0 Å². The van der Waals surface area contributed by atoms with E-state index in [2.05, 4.69) is 34.6 Å². The lowest BCUT2D eigenvalue weighted by Gasteiger charge is -2.39. The van der Waals surface area contributed by atoms with E-state index in [1.54, 1.807) is 0 Å². The molecule has 138 valence electrons. The van der Waals surface area contributed by atoms with Gasteiger partial charge in [-0.2, -0.15) is 0 Å². The molecule has 0 aromatic heterocycles. The van der Waals surface area contributed by atoms with Gasteiger partial charge >= 0.3 is 5.97 Å². The summed E-state index contributed by atoms with van der Waals surface area (Å²) in [6, 6.07) is 0. The highest BCUT2D eigenvalue weighted by molar-refractivity contribution is 5.77.